The summed E-state index contributed by atoms with van der Waals surface area (Å²) in [6, 6.07) is 0. The van der Waals surface area contributed by atoms with Gasteiger partial charge in [-0.05, 0) is 12.8 Å². The van der Waals surface area contributed by atoms with Crippen molar-refractivity contribution in [1.29, 1.82) is 0 Å². The third-order valence-corrected chi connectivity index (χ3v) is 0.328. The third kappa shape index (κ3) is 58.5. The van der Waals surface area contributed by atoms with E-state index in [4.69, 9.17) is 0 Å². The van der Waals surface area contributed by atoms with Crippen molar-refractivity contribution in [2.45, 2.75) is 27.7 Å². The molecule has 1 heteroatoms. The summed E-state index contributed by atoms with van der Waals surface area (Å²) in [7, 11) is 0. The van der Waals surface area contributed by atoms with Gasteiger partial charge in [-0.3, -0.25) is 4.99 Å². The van der Waals surface area contributed by atoms with Crippen LogP contribution in [-0.4, -0.2) is 6.72 Å². The first-order valence-electron chi connectivity index (χ1n) is 3.65. The molecule has 0 rings (SSSR count). The maximum Gasteiger partial charge on any atom is 0.0260 e. The van der Waals surface area contributed by atoms with E-state index in [1.807, 2.05) is 27.7 Å². The van der Waals surface area contributed by atoms with Gasteiger partial charge in [-0.2, -0.15) is 0 Å². The average molecular weight is 141 g/mol. The van der Waals surface area contributed by atoms with Crippen molar-refractivity contribution < 1.29 is 0 Å². The van der Waals surface area contributed by atoms with E-state index < -0.39 is 0 Å². The quantitative estimate of drug-likeness (QED) is 0.412. The SMILES string of the molecule is C=C/C=C\N=C.CC.CC. The van der Waals surface area contributed by atoms with Crippen molar-refractivity contribution >= 4 is 6.72 Å². The van der Waals surface area contributed by atoms with Crippen molar-refractivity contribution in [2.75, 3.05) is 0 Å². The first-order chi connectivity index (χ1) is 4.91. The van der Waals surface area contributed by atoms with Crippen LogP contribution in [0.4, 0.5) is 0 Å². The van der Waals surface area contributed by atoms with Crippen LogP contribution in [0.25, 0.3) is 0 Å². The number of hydrogen-bond donors (Lipinski definition) is 0. The Bertz CT molecular complexity index is 62.8. The molecule has 1 nitrogen and oxygen atoms in total. The van der Waals surface area contributed by atoms with Crippen molar-refractivity contribution in [3.8, 4) is 0 Å². The molecule has 0 saturated heterocycles. The highest BCUT2D eigenvalue weighted by Gasteiger charge is 1.47. The lowest BCUT2D eigenvalue weighted by atomic mass is 10.6. The predicted molar refractivity (Wildman–Crippen MR) is 51.6 cm³/mol. The van der Waals surface area contributed by atoms with Gasteiger partial charge in [0.2, 0.25) is 0 Å². The van der Waals surface area contributed by atoms with E-state index >= 15 is 0 Å². The molecule has 0 aliphatic carbocycles. The average Bonchev–Trinajstić information content (AvgIpc) is 2.08. The van der Waals surface area contributed by atoms with Crippen LogP contribution in [0.5, 0.6) is 0 Å². The van der Waals surface area contributed by atoms with Gasteiger partial charge in [0.25, 0.3) is 0 Å². The van der Waals surface area contributed by atoms with E-state index in [9.17, 15) is 0 Å². The van der Waals surface area contributed by atoms with Gasteiger partial charge in [0.05, 0.1) is 0 Å². The smallest absolute Gasteiger partial charge is 0.0260 e. The second-order valence-electron chi connectivity index (χ2n) is 0.760. The van der Waals surface area contributed by atoms with Gasteiger partial charge in [-0.1, -0.05) is 40.3 Å². The second-order valence-corrected chi connectivity index (χ2v) is 0.760. The molecule has 0 bridgehead atoms. The van der Waals surface area contributed by atoms with Gasteiger partial charge in [0, 0.05) is 6.20 Å². The van der Waals surface area contributed by atoms with Gasteiger partial charge in [-0.15, -0.1) is 0 Å². The minimum atomic E-state index is 1.58. The molecule has 0 radical (unpaired) electrons. The Morgan fingerprint density at radius 3 is 1.60 bits per heavy atom. The zero-order valence-electron chi connectivity index (χ0n) is 7.59. The fraction of sp³-hybridized carbons (Fsp3) is 0.444. The minimum absolute atomic E-state index is 1.58. The maximum atomic E-state index is 3.42. The lowest BCUT2D eigenvalue weighted by molar-refractivity contribution is 1.50. The standard InChI is InChI=1S/C5H7N.2C2H6/c1-3-4-5-6-2;2*1-2/h3-5H,1-2H2;2*1-2H3/b5-4-;;. The molecule has 0 amide bonds. The van der Waals surface area contributed by atoms with Crippen LogP contribution in [0.1, 0.15) is 27.7 Å². The summed E-state index contributed by atoms with van der Waals surface area (Å²) in [6.45, 7) is 14.6. The number of nitrogens with zero attached hydrogens (tertiary/aromatic N) is 1. The van der Waals surface area contributed by atoms with Gasteiger partial charge < -0.3 is 0 Å². The first kappa shape index (κ1) is 16.1. The molecule has 60 valence electrons. The van der Waals surface area contributed by atoms with Gasteiger partial charge >= 0.3 is 0 Å². The zero-order valence-corrected chi connectivity index (χ0v) is 7.59. The molecule has 0 aromatic rings. The van der Waals surface area contributed by atoms with Crippen LogP contribution in [0.15, 0.2) is 29.9 Å². The minimum Gasteiger partial charge on any atom is -0.273 e. The number of rotatable bonds is 2. The maximum absolute atomic E-state index is 3.42. The Morgan fingerprint density at radius 2 is 1.50 bits per heavy atom. The molecule has 0 atom stereocenters. The highest BCUT2D eigenvalue weighted by atomic mass is 14.6. The number of hydrogen-bond acceptors (Lipinski definition) is 1. The van der Waals surface area contributed by atoms with E-state index in [1.54, 1.807) is 18.4 Å². The summed E-state index contributed by atoms with van der Waals surface area (Å²) in [5.41, 5.74) is 0. The molecule has 0 saturated carbocycles. The first-order valence-corrected chi connectivity index (χ1v) is 3.65. The van der Waals surface area contributed by atoms with E-state index in [2.05, 4.69) is 18.3 Å². The van der Waals surface area contributed by atoms with E-state index in [0.29, 0.717) is 0 Å². The monoisotopic (exact) mass is 141 g/mol. The summed E-state index contributed by atoms with van der Waals surface area (Å²) >= 11 is 0. The van der Waals surface area contributed by atoms with Gasteiger partial charge in [0.1, 0.15) is 0 Å². The van der Waals surface area contributed by atoms with Crippen LogP contribution in [0, 0.1) is 0 Å². The van der Waals surface area contributed by atoms with Crippen LogP contribution in [0.2, 0.25) is 0 Å². The van der Waals surface area contributed by atoms with Gasteiger partial charge in [0.15, 0.2) is 0 Å². The molecule has 0 aromatic heterocycles. The molecule has 0 aliphatic heterocycles. The zero-order chi connectivity index (χ0) is 8.83. The van der Waals surface area contributed by atoms with E-state index in [0.717, 1.165) is 0 Å². The second kappa shape index (κ2) is 42.0. The summed E-state index contributed by atoms with van der Waals surface area (Å²) in [5, 5.41) is 0. The van der Waals surface area contributed by atoms with Crippen LogP contribution < -0.4 is 0 Å². The van der Waals surface area contributed by atoms with Gasteiger partial charge in [-0.25, -0.2) is 0 Å². The third-order valence-electron chi connectivity index (χ3n) is 0.328. The molecule has 0 aliphatic rings. The molecule has 0 unspecified atom stereocenters. The van der Waals surface area contributed by atoms with Crippen molar-refractivity contribution in [1.82, 2.24) is 0 Å². The molecule has 0 fully saturated rings. The summed E-state index contributed by atoms with van der Waals surface area (Å²) in [4.78, 5) is 3.42. The molecule has 0 heterocycles. The molecule has 0 spiro atoms. The van der Waals surface area contributed by atoms with Crippen LogP contribution in [0.3, 0.4) is 0 Å². The number of allylic oxidation sites excluding steroid dienone is 2. The van der Waals surface area contributed by atoms with Crippen LogP contribution >= 0.6 is 0 Å². The normalized spacial score (nSPS) is 6.40. The van der Waals surface area contributed by atoms with E-state index in [-0.39, 0.29) is 0 Å². The molecule has 10 heavy (non-hydrogen) atoms. The highest BCUT2D eigenvalue weighted by molar-refractivity contribution is 5.25. The summed E-state index contributed by atoms with van der Waals surface area (Å²) in [5.74, 6) is 0. The lowest BCUT2D eigenvalue weighted by Gasteiger charge is -1.61. The Labute approximate surface area is 65.2 Å². The Hall–Kier alpha value is -0.850. The van der Waals surface area contributed by atoms with Crippen molar-refractivity contribution in [3.05, 3.63) is 24.9 Å². The van der Waals surface area contributed by atoms with Crippen molar-refractivity contribution in [3.63, 3.8) is 0 Å². The topological polar surface area (TPSA) is 12.4 Å². The largest absolute Gasteiger partial charge is 0.273 e. The Balaban J connectivity index is -0.000000105. The molecular weight excluding hydrogens is 122 g/mol. The summed E-state index contributed by atoms with van der Waals surface area (Å²) < 4.78 is 0. The molecular formula is C9H19N. The highest BCUT2D eigenvalue weighted by Crippen LogP contribution is 1.68. The predicted octanol–water partition coefficient (Wildman–Crippen LogP) is 3.44. The van der Waals surface area contributed by atoms with Crippen LogP contribution in [-0.2, 0) is 0 Å². The lowest BCUT2D eigenvalue weighted by Crippen LogP contribution is -1.40. The molecule has 0 N–H and O–H groups in total. The fourth-order valence-electron chi connectivity index (χ4n) is 0.122. The van der Waals surface area contributed by atoms with Crippen molar-refractivity contribution in [2.24, 2.45) is 4.99 Å². The Kier molecular flexibility index (Phi) is 67.5. The molecule has 0 aromatic carbocycles. The fourth-order valence-corrected chi connectivity index (χ4v) is 0.122. The number of aliphatic imine (C=N–C) groups is 1. The Morgan fingerprint density at radius 1 is 1.10 bits per heavy atom. The summed E-state index contributed by atoms with van der Waals surface area (Å²) in [6.07, 6.45) is 4.94. The van der Waals surface area contributed by atoms with E-state index in [1.165, 1.54) is 0 Å².